The van der Waals surface area contributed by atoms with Gasteiger partial charge in [0.2, 0.25) is 11.3 Å². The highest BCUT2D eigenvalue weighted by Gasteiger charge is 2.54. The molecule has 6 rings (SSSR count). The smallest absolute Gasteiger partial charge is 0.341 e. The number of methoxy groups -OCH3 is 1. The molecule has 82 heavy (non-hydrogen) atoms. The monoisotopic (exact) mass is 1180 g/mol. The van der Waals surface area contributed by atoms with E-state index in [9.17, 15) is 49.5 Å². The molecule has 3 saturated heterocycles. The van der Waals surface area contributed by atoms with Crippen molar-refractivity contribution in [2.75, 3.05) is 61.2 Å². The first-order chi connectivity index (χ1) is 38.3. The van der Waals surface area contributed by atoms with Gasteiger partial charge in [0.1, 0.15) is 54.0 Å². The first-order valence-corrected chi connectivity index (χ1v) is 29.1. The van der Waals surface area contributed by atoms with Crippen LogP contribution in [0.15, 0.2) is 23.1 Å². The van der Waals surface area contributed by atoms with Crippen LogP contribution in [0.4, 0.5) is 0 Å². The number of fused-ring (bicyclic) bond motifs is 1. The number of halogens is 1. The Balaban J connectivity index is 1.12. The third kappa shape index (κ3) is 15.9. The van der Waals surface area contributed by atoms with Crippen molar-refractivity contribution < 1.29 is 87.3 Å². The van der Waals surface area contributed by atoms with Gasteiger partial charge in [-0.05, 0) is 120 Å². The van der Waals surface area contributed by atoms with Crippen LogP contribution in [-0.4, -0.2) is 215 Å². The number of hydrogen-bond donors (Lipinski definition) is 6. The van der Waals surface area contributed by atoms with Gasteiger partial charge >= 0.3 is 17.9 Å². The van der Waals surface area contributed by atoms with Crippen molar-refractivity contribution in [1.29, 1.82) is 0 Å². The summed E-state index contributed by atoms with van der Waals surface area (Å²) in [5, 5.41) is 60.7. The maximum Gasteiger partial charge on any atom is 0.341 e. The predicted molar refractivity (Wildman–Crippen MR) is 300 cm³/mol. The SMILES string of the molecule is CC[C@H]1OC(=O)[C@H](C)[C@@H](OC2C[C@@](C)(OC)[C@@H](OC(=O)CNC(=O)CCOCCOc3cc4c(=O)c(C(=O)O)cn(C5CC5)c4cc3Cl)[C@H](C)O2)[C@H](C)[C@@H](O[C@@H]2O[C@H](C)C[C@H](N(C)C)[C@H]2O)[C@](C)(O)C[C@@H](C)CN(C)[C@H](C)[C@H](O)[C@]1(C)O. The molecule has 23 nitrogen and oxygen atoms in total. The van der Waals surface area contributed by atoms with E-state index in [-0.39, 0.29) is 91.3 Å². The standard InChI is InChI=1S/C58H91ClN4O19/c1-15-43-58(10,73)50(68)34(6)62(13)28-30(2)25-56(8,72)51(82-55-48(67)41(61(11)12)22-31(3)77-55)32(4)49(33(5)54(71)79-43)81-46-26-57(9,74-14)52(35(7)78-46)80-45(65)27-60-44(64)18-19-75-20-21-76-42-23-37-40(24-39(42)59)63(36-16-17-36)29-38(47(37)66)53(69)70/h23-24,29-36,41,43,46,48-52,55,67-68,72-73H,15-22,25-28H2,1-14H3,(H,60,64)(H,69,70)/t30-,31-,32+,33-,34-,35+,41+,43-,46?,48-,49+,50+,51-,52+,55+,56-,57-,58-/m1/s1. The van der Waals surface area contributed by atoms with Gasteiger partial charge in [-0.15, -0.1) is 0 Å². The van der Waals surface area contributed by atoms with Crippen molar-refractivity contribution in [3.05, 3.63) is 39.1 Å². The molecule has 24 heteroatoms. The minimum absolute atomic E-state index is 0.00709. The number of esters is 2. The summed E-state index contributed by atoms with van der Waals surface area (Å²) in [6.07, 6.45) is -6.83. The molecule has 464 valence electrons. The molecule has 1 aromatic heterocycles. The Kier molecular flexibility index (Phi) is 22.9. The summed E-state index contributed by atoms with van der Waals surface area (Å²) in [5.74, 6) is -5.47. The van der Waals surface area contributed by atoms with Crippen LogP contribution in [0.1, 0.15) is 131 Å². The number of nitrogens with one attached hydrogen (secondary N) is 1. The van der Waals surface area contributed by atoms with Crippen LogP contribution in [0.2, 0.25) is 5.02 Å². The molecule has 1 saturated carbocycles. The summed E-state index contributed by atoms with van der Waals surface area (Å²) < 4.78 is 57.6. The molecular weight excluding hydrogens is 1090 g/mol. The van der Waals surface area contributed by atoms with Crippen molar-refractivity contribution in [2.45, 2.75) is 211 Å². The molecule has 2 aromatic rings. The molecular formula is C58H91ClN4O19. The zero-order chi connectivity index (χ0) is 60.9. The average Bonchev–Trinajstić information content (AvgIpc) is 4.43. The van der Waals surface area contributed by atoms with Crippen molar-refractivity contribution >= 4 is 46.3 Å². The number of aromatic carboxylic acids is 1. The Bertz CT molecular complexity index is 2580. The van der Waals surface area contributed by atoms with E-state index in [1.54, 1.807) is 59.1 Å². The van der Waals surface area contributed by atoms with Crippen LogP contribution in [0.5, 0.6) is 5.75 Å². The van der Waals surface area contributed by atoms with Gasteiger partial charge in [0.15, 0.2) is 18.7 Å². The molecule has 6 N–H and O–H groups in total. The van der Waals surface area contributed by atoms with E-state index in [0.29, 0.717) is 18.5 Å². The number of benzene rings is 1. The molecule has 3 aliphatic heterocycles. The Morgan fingerprint density at radius 1 is 0.939 bits per heavy atom. The van der Waals surface area contributed by atoms with Crippen molar-refractivity contribution in [3.63, 3.8) is 0 Å². The molecule has 4 aliphatic rings. The van der Waals surface area contributed by atoms with Crippen LogP contribution in [0.25, 0.3) is 10.9 Å². The minimum Gasteiger partial charge on any atom is -0.490 e. The number of amides is 1. The second-order valence-corrected chi connectivity index (χ2v) is 24.6. The summed E-state index contributed by atoms with van der Waals surface area (Å²) >= 11 is 6.51. The summed E-state index contributed by atoms with van der Waals surface area (Å²) in [6, 6.07) is 2.13. The average molecular weight is 1180 g/mol. The van der Waals surface area contributed by atoms with Gasteiger partial charge < -0.3 is 87.8 Å². The van der Waals surface area contributed by atoms with Gasteiger partial charge in [-0.2, -0.15) is 0 Å². The molecule has 0 spiro atoms. The number of aliphatic hydroxyl groups is 4. The van der Waals surface area contributed by atoms with E-state index in [2.05, 4.69) is 5.32 Å². The normalized spacial score (nSPS) is 36.5. The molecule has 1 aromatic carbocycles. The number of carboxylic acid groups (broad SMARTS) is 1. The number of carbonyl (C=O) groups excluding carboxylic acids is 3. The van der Waals surface area contributed by atoms with Crippen LogP contribution < -0.4 is 15.5 Å². The fourth-order valence-corrected chi connectivity index (χ4v) is 12.3. The number of carboxylic acids is 1. The number of hydrogen-bond acceptors (Lipinski definition) is 20. The summed E-state index contributed by atoms with van der Waals surface area (Å²) in [4.78, 5) is 69.5. The largest absolute Gasteiger partial charge is 0.490 e. The maximum absolute atomic E-state index is 14.6. The van der Waals surface area contributed by atoms with E-state index >= 15 is 0 Å². The van der Waals surface area contributed by atoms with E-state index in [4.69, 9.17) is 54.2 Å². The van der Waals surface area contributed by atoms with E-state index < -0.39 is 126 Å². The van der Waals surface area contributed by atoms with Crippen molar-refractivity contribution in [3.8, 4) is 5.75 Å². The molecule has 0 bridgehead atoms. The molecule has 1 unspecified atom stereocenters. The van der Waals surface area contributed by atoms with Gasteiger partial charge in [0, 0.05) is 56.7 Å². The predicted octanol–water partition coefficient (Wildman–Crippen LogP) is 4.05. The number of likely N-dealkylation sites (N-methyl/N-ethyl adjacent to an activating group) is 2. The van der Waals surface area contributed by atoms with E-state index in [0.717, 1.165) is 12.8 Å². The third-order valence-corrected chi connectivity index (χ3v) is 17.4. The summed E-state index contributed by atoms with van der Waals surface area (Å²) in [6.45, 7) is 17.0. The van der Waals surface area contributed by atoms with Gasteiger partial charge in [-0.25, -0.2) is 4.79 Å². The third-order valence-electron chi connectivity index (χ3n) is 17.1. The lowest BCUT2D eigenvalue weighted by atomic mass is 9.77. The van der Waals surface area contributed by atoms with Crippen LogP contribution >= 0.6 is 11.6 Å². The number of carbonyl (C=O) groups is 4. The number of aliphatic hydroxyl groups excluding tert-OH is 2. The maximum atomic E-state index is 14.6. The lowest BCUT2D eigenvalue weighted by Crippen LogP contribution is -2.61. The number of cyclic esters (lactones) is 1. The zero-order valence-corrected chi connectivity index (χ0v) is 50.9. The van der Waals surface area contributed by atoms with E-state index in [1.165, 1.54) is 26.3 Å². The lowest BCUT2D eigenvalue weighted by Gasteiger charge is -2.49. The molecule has 1 aliphatic carbocycles. The first-order valence-electron chi connectivity index (χ1n) is 28.7. The highest BCUT2D eigenvalue weighted by atomic mass is 35.5. The molecule has 0 radical (unpaired) electrons. The van der Waals surface area contributed by atoms with Crippen LogP contribution in [0, 0.1) is 17.8 Å². The topological polar surface area (TPSA) is 293 Å². The zero-order valence-electron chi connectivity index (χ0n) is 50.1. The Hall–Kier alpha value is -4.08. The fourth-order valence-electron chi connectivity index (χ4n) is 12.1. The van der Waals surface area contributed by atoms with E-state index in [1.807, 2.05) is 44.8 Å². The number of ether oxygens (including phenoxy) is 9. The van der Waals surface area contributed by atoms with Gasteiger partial charge in [-0.1, -0.05) is 32.4 Å². The van der Waals surface area contributed by atoms with Gasteiger partial charge in [0.05, 0.1) is 65.1 Å². The number of aromatic nitrogens is 1. The van der Waals surface area contributed by atoms with Crippen molar-refractivity contribution in [1.82, 2.24) is 19.7 Å². The fraction of sp³-hybridized carbons (Fsp3) is 0.776. The first kappa shape index (κ1) is 67.1. The molecule has 4 heterocycles. The number of pyridine rings is 1. The van der Waals surface area contributed by atoms with Crippen LogP contribution in [-0.2, 0) is 52.3 Å². The molecule has 4 fully saturated rings. The highest BCUT2D eigenvalue weighted by Crippen LogP contribution is 2.42. The lowest BCUT2D eigenvalue weighted by molar-refractivity contribution is -0.318. The Morgan fingerprint density at radius 3 is 2.24 bits per heavy atom. The second-order valence-electron chi connectivity index (χ2n) is 24.2. The van der Waals surface area contributed by atoms with Crippen LogP contribution in [0.3, 0.4) is 0 Å². The molecule has 18 atom stereocenters. The number of nitrogens with zero attached hydrogens (tertiary/aromatic N) is 3. The number of rotatable bonds is 19. The van der Waals surface area contributed by atoms with Crippen molar-refractivity contribution in [2.24, 2.45) is 17.8 Å². The second kappa shape index (κ2) is 28.0. The summed E-state index contributed by atoms with van der Waals surface area (Å²) in [7, 11) is 6.96. The minimum atomic E-state index is -1.89. The van der Waals surface area contributed by atoms with Gasteiger partial charge in [0.25, 0.3) is 0 Å². The Morgan fingerprint density at radius 2 is 1.62 bits per heavy atom. The molecule has 1 amide bonds. The quantitative estimate of drug-likeness (QED) is 0.0854. The Labute approximate surface area is 486 Å². The highest BCUT2D eigenvalue weighted by molar-refractivity contribution is 6.32. The van der Waals surface area contributed by atoms with Gasteiger partial charge in [-0.3, -0.25) is 19.2 Å². The summed E-state index contributed by atoms with van der Waals surface area (Å²) in [5.41, 5.74) is -5.31.